The summed E-state index contributed by atoms with van der Waals surface area (Å²) in [4.78, 5) is 0. The molecule has 0 aliphatic carbocycles. The van der Waals surface area contributed by atoms with E-state index in [0.717, 1.165) is 18.7 Å². The van der Waals surface area contributed by atoms with Crippen molar-refractivity contribution in [1.29, 1.82) is 5.26 Å². The number of hydrogen-bond acceptors (Lipinski definition) is 3. The molecule has 0 aliphatic heterocycles. The highest BCUT2D eigenvalue weighted by atomic mass is 16.5. The molecule has 2 unspecified atom stereocenters. The predicted molar refractivity (Wildman–Crippen MR) is 78.2 cm³/mol. The van der Waals surface area contributed by atoms with Crippen molar-refractivity contribution < 1.29 is 4.74 Å². The van der Waals surface area contributed by atoms with Crippen molar-refractivity contribution in [3.05, 3.63) is 29.8 Å². The summed E-state index contributed by atoms with van der Waals surface area (Å²) < 4.78 is 5.99. The summed E-state index contributed by atoms with van der Waals surface area (Å²) in [6.45, 7) is 8.84. The van der Waals surface area contributed by atoms with E-state index in [4.69, 9.17) is 4.74 Å². The lowest BCUT2D eigenvalue weighted by molar-refractivity contribution is 0.179. The molecule has 0 fully saturated rings. The van der Waals surface area contributed by atoms with Crippen molar-refractivity contribution in [1.82, 2.24) is 5.32 Å². The van der Waals surface area contributed by atoms with Crippen LogP contribution in [0.25, 0.3) is 0 Å². The van der Waals surface area contributed by atoms with Gasteiger partial charge in [-0.3, -0.25) is 5.32 Å². The summed E-state index contributed by atoms with van der Waals surface area (Å²) >= 11 is 0. The molecule has 19 heavy (non-hydrogen) atoms. The van der Waals surface area contributed by atoms with Crippen LogP contribution in [0.1, 0.15) is 39.7 Å². The van der Waals surface area contributed by atoms with E-state index in [2.05, 4.69) is 24.4 Å². The number of rotatable bonds is 7. The first-order chi connectivity index (χ1) is 9.04. The largest absolute Gasteiger partial charge is 0.490 e. The summed E-state index contributed by atoms with van der Waals surface area (Å²) in [6.07, 6.45) is 1.61. The van der Waals surface area contributed by atoms with E-state index < -0.39 is 5.54 Å². The zero-order valence-electron chi connectivity index (χ0n) is 12.4. The number of aryl methyl sites for hydroxylation is 1. The topological polar surface area (TPSA) is 45.0 Å². The third-order valence-corrected chi connectivity index (χ3v) is 3.19. The summed E-state index contributed by atoms with van der Waals surface area (Å²) in [6, 6.07) is 10.4. The first kappa shape index (κ1) is 15.5. The van der Waals surface area contributed by atoms with Gasteiger partial charge < -0.3 is 4.74 Å². The first-order valence-corrected chi connectivity index (χ1v) is 6.95. The van der Waals surface area contributed by atoms with Gasteiger partial charge in [-0.1, -0.05) is 32.0 Å². The van der Waals surface area contributed by atoms with Crippen LogP contribution in [0.3, 0.4) is 0 Å². The van der Waals surface area contributed by atoms with Gasteiger partial charge in [0.1, 0.15) is 11.3 Å². The van der Waals surface area contributed by atoms with Crippen molar-refractivity contribution >= 4 is 0 Å². The van der Waals surface area contributed by atoms with Gasteiger partial charge in [-0.15, -0.1) is 0 Å². The van der Waals surface area contributed by atoms with Gasteiger partial charge in [-0.2, -0.15) is 5.26 Å². The molecule has 0 amide bonds. The Morgan fingerprint density at radius 3 is 2.63 bits per heavy atom. The molecule has 0 saturated heterocycles. The van der Waals surface area contributed by atoms with Crippen molar-refractivity contribution in [3.63, 3.8) is 0 Å². The molecule has 0 aliphatic rings. The summed E-state index contributed by atoms with van der Waals surface area (Å²) in [5.41, 5.74) is 0.673. The Labute approximate surface area is 116 Å². The van der Waals surface area contributed by atoms with E-state index in [1.807, 2.05) is 39.0 Å². The number of hydrogen-bond donors (Lipinski definition) is 1. The van der Waals surface area contributed by atoms with Gasteiger partial charge in [-0.05, 0) is 38.4 Å². The Hall–Kier alpha value is -1.53. The van der Waals surface area contributed by atoms with E-state index in [-0.39, 0.29) is 6.10 Å². The fourth-order valence-corrected chi connectivity index (χ4v) is 2.29. The smallest absolute Gasteiger partial charge is 0.122 e. The van der Waals surface area contributed by atoms with E-state index in [9.17, 15) is 5.26 Å². The molecule has 1 aromatic carbocycles. The lowest BCUT2D eigenvalue weighted by atomic mass is 9.96. The average Bonchev–Trinajstić information content (AvgIpc) is 2.39. The average molecular weight is 260 g/mol. The molecule has 1 aromatic rings. The minimum atomic E-state index is -0.532. The van der Waals surface area contributed by atoms with E-state index in [0.29, 0.717) is 6.42 Å². The van der Waals surface area contributed by atoms with Crippen LogP contribution in [0, 0.1) is 11.3 Å². The second kappa shape index (κ2) is 7.16. The highest BCUT2D eigenvalue weighted by Crippen LogP contribution is 2.22. The van der Waals surface area contributed by atoms with Gasteiger partial charge in [0.2, 0.25) is 0 Å². The molecule has 1 rings (SSSR count). The van der Waals surface area contributed by atoms with Gasteiger partial charge in [0.05, 0.1) is 12.2 Å². The maximum Gasteiger partial charge on any atom is 0.122 e. The number of benzene rings is 1. The normalized spacial score (nSPS) is 15.3. The lowest BCUT2D eigenvalue weighted by Gasteiger charge is -2.27. The second-order valence-corrected chi connectivity index (χ2v) is 5.07. The van der Waals surface area contributed by atoms with Crippen molar-refractivity contribution in [2.75, 3.05) is 6.54 Å². The van der Waals surface area contributed by atoms with E-state index >= 15 is 0 Å². The summed E-state index contributed by atoms with van der Waals surface area (Å²) in [5.74, 6) is 0.925. The maximum atomic E-state index is 9.26. The van der Waals surface area contributed by atoms with E-state index in [1.165, 1.54) is 5.56 Å². The van der Waals surface area contributed by atoms with Gasteiger partial charge in [0, 0.05) is 6.42 Å². The van der Waals surface area contributed by atoms with Crippen LogP contribution in [-0.4, -0.2) is 18.2 Å². The molecule has 3 heteroatoms. The first-order valence-electron chi connectivity index (χ1n) is 6.95. The van der Waals surface area contributed by atoms with Crippen LogP contribution in [0.4, 0.5) is 0 Å². The van der Waals surface area contributed by atoms with Crippen LogP contribution in [0.2, 0.25) is 0 Å². The molecule has 0 bridgehead atoms. The molecular weight excluding hydrogens is 236 g/mol. The number of para-hydroxylation sites is 1. The molecule has 0 spiro atoms. The Balaban J connectivity index is 2.69. The number of nitriles is 1. The van der Waals surface area contributed by atoms with Crippen LogP contribution in [0.15, 0.2) is 24.3 Å². The third kappa shape index (κ3) is 4.57. The molecule has 3 nitrogen and oxygen atoms in total. The number of nitrogens with zero attached hydrogens (tertiary/aromatic N) is 1. The zero-order chi connectivity index (χ0) is 14.3. The standard InChI is InChI=1S/C16H24N2O/c1-5-14-9-7-8-10-15(14)19-13(3)11-16(4,12-17)18-6-2/h7-10,13,18H,5-6,11H2,1-4H3. The minimum absolute atomic E-state index is 0.00333. The number of ether oxygens (including phenoxy) is 1. The third-order valence-electron chi connectivity index (χ3n) is 3.19. The Kier molecular flexibility index (Phi) is 5.85. The van der Waals surface area contributed by atoms with Gasteiger partial charge in [0.15, 0.2) is 0 Å². The zero-order valence-corrected chi connectivity index (χ0v) is 12.4. The second-order valence-electron chi connectivity index (χ2n) is 5.07. The van der Waals surface area contributed by atoms with Crippen molar-refractivity contribution in [3.8, 4) is 11.8 Å². The SMILES string of the molecule is CCNC(C)(C#N)CC(C)Oc1ccccc1CC. The quantitative estimate of drug-likeness (QED) is 0.818. The predicted octanol–water partition coefficient (Wildman–Crippen LogP) is 3.30. The summed E-state index contributed by atoms with van der Waals surface area (Å²) in [5, 5.41) is 12.5. The Morgan fingerprint density at radius 2 is 2.05 bits per heavy atom. The fraction of sp³-hybridized carbons (Fsp3) is 0.562. The minimum Gasteiger partial charge on any atom is -0.490 e. The van der Waals surface area contributed by atoms with Crippen LogP contribution >= 0.6 is 0 Å². The van der Waals surface area contributed by atoms with Crippen molar-refractivity contribution in [2.24, 2.45) is 0 Å². The fourth-order valence-electron chi connectivity index (χ4n) is 2.29. The molecule has 2 atom stereocenters. The Morgan fingerprint density at radius 1 is 1.37 bits per heavy atom. The molecule has 0 saturated carbocycles. The molecule has 0 radical (unpaired) electrons. The van der Waals surface area contributed by atoms with Crippen LogP contribution in [-0.2, 0) is 6.42 Å². The monoisotopic (exact) mass is 260 g/mol. The van der Waals surface area contributed by atoms with E-state index in [1.54, 1.807) is 0 Å². The van der Waals surface area contributed by atoms with Gasteiger partial charge >= 0.3 is 0 Å². The Bertz CT molecular complexity index is 439. The highest BCUT2D eigenvalue weighted by Gasteiger charge is 2.26. The van der Waals surface area contributed by atoms with Crippen LogP contribution in [0.5, 0.6) is 5.75 Å². The molecular formula is C16H24N2O. The van der Waals surface area contributed by atoms with Gasteiger partial charge in [0.25, 0.3) is 0 Å². The summed E-state index contributed by atoms with van der Waals surface area (Å²) in [7, 11) is 0. The van der Waals surface area contributed by atoms with Crippen LogP contribution < -0.4 is 10.1 Å². The highest BCUT2D eigenvalue weighted by molar-refractivity contribution is 5.33. The van der Waals surface area contributed by atoms with Gasteiger partial charge in [-0.25, -0.2) is 0 Å². The molecule has 0 aromatic heterocycles. The maximum absolute atomic E-state index is 9.26. The lowest BCUT2D eigenvalue weighted by Crippen LogP contribution is -2.44. The molecule has 104 valence electrons. The van der Waals surface area contributed by atoms with Crippen molar-refractivity contribution in [2.45, 2.75) is 52.2 Å². The molecule has 1 N–H and O–H groups in total. The molecule has 0 heterocycles. The number of nitrogens with one attached hydrogen (secondary N) is 1.